The zero-order valence-corrected chi connectivity index (χ0v) is 11.9. The van der Waals surface area contributed by atoms with Gasteiger partial charge in [-0.15, -0.1) is 0 Å². The summed E-state index contributed by atoms with van der Waals surface area (Å²) in [6.07, 6.45) is 7.99. The first-order chi connectivity index (χ1) is 9.63. The van der Waals surface area contributed by atoms with Gasteiger partial charge in [0.25, 0.3) is 0 Å². The molecule has 20 heavy (non-hydrogen) atoms. The molecule has 0 bridgehead atoms. The lowest BCUT2D eigenvalue weighted by Gasteiger charge is -2.04. The lowest BCUT2D eigenvalue weighted by Crippen LogP contribution is -2.06. The van der Waals surface area contributed by atoms with Gasteiger partial charge in [-0.2, -0.15) is 0 Å². The van der Waals surface area contributed by atoms with E-state index in [1.165, 1.54) is 19.3 Å². The molecular weight excluding hydrogens is 260 g/mol. The molecule has 0 atom stereocenters. The van der Waals surface area contributed by atoms with Crippen molar-refractivity contribution in [3.8, 4) is 5.75 Å². The van der Waals surface area contributed by atoms with E-state index in [1.54, 1.807) is 0 Å². The topological polar surface area (TPSA) is 76.7 Å². The van der Waals surface area contributed by atoms with Crippen molar-refractivity contribution in [2.24, 2.45) is 0 Å². The molecule has 0 aliphatic heterocycles. The smallest absolute Gasteiger partial charge is 0.306 e. The summed E-state index contributed by atoms with van der Waals surface area (Å²) in [4.78, 5) is 22.6. The van der Waals surface area contributed by atoms with Crippen LogP contribution in [-0.4, -0.2) is 11.1 Å². The summed E-state index contributed by atoms with van der Waals surface area (Å²) in [5.41, 5.74) is -0.543. The van der Waals surface area contributed by atoms with Gasteiger partial charge in [-0.1, -0.05) is 39.0 Å². The Bertz CT molecular complexity index is 464. The third-order valence-electron chi connectivity index (χ3n) is 2.98. The second-order valence-corrected chi connectivity index (χ2v) is 4.77. The molecule has 1 heterocycles. The maximum absolute atomic E-state index is 11.5. The first kappa shape index (κ1) is 16.3. The average molecular weight is 282 g/mol. The maximum Gasteiger partial charge on any atom is 0.306 e. The largest absolute Gasteiger partial charge is 0.502 e. The minimum atomic E-state index is -0.543. The van der Waals surface area contributed by atoms with Gasteiger partial charge in [-0.25, -0.2) is 0 Å². The van der Waals surface area contributed by atoms with E-state index < -0.39 is 11.2 Å². The van der Waals surface area contributed by atoms with Crippen LogP contribution < -0.4 is 5.43 Å². The van der Waals surface area contributed by atoms with E-state index in [1.807, 2.05) is 0 Å². The highest BCUT2D eigenvalue weighted by atomic mass is 16.5. The van der Waals surface area contributed by atoms with Crippen molar-refractivity contribution < 1.29 is 19.1 Å². The van der Waals surface area contributed by atoms with Gasteiger partial charge in [0.2, 0.25) is 5.43 Å². The minimum absolute atomic E-state index is 0.0792. The van der Waals surface area contributed by atoms with Crippen LogP contribution in [0.25, 0.3) is 0 Å². The average Bonchev–Trinajstić information content (AvgIpc) is 2.44. The standard InChI is InChI=1S/C15H22O5/c1-2-3-4-5-6-7-8-15(18)20-10-12-9-13(16)14(17)11-19-12/h9,11,17H,2-8,10H2,1H3. The van der Waals surface area contributed by atoms with Gasteiger partial charge in [0.1, 0.15) is 18.6 Å². The minimum Gasteiger partial charge on any atom is -0.502 e. The van der Waals surface area contributed by atoms with E-state index in [0.29, 0.717) is 6.42 Å². The molecule has 0 aliphatic rings. The van der Waals surface area contributed by atoms with Crippen molar-refractivity contribution in [1.29, 1.82) is 0 Å². The molecule has 0 saturated heterocycles. The van der Waals surface area contributed by atoms with E-state index in [0.717, 1.165) is 31.6 Å². The fourth-order valence-corrected chi connectivity index (χ4v) is 1.79. The van der Waals surface area contributed by atoms with E-state index in [2.05, 4.69) is 6.92 Å². The van der Waals surface area contributed by atoms with E-state index in [4.69, 9.17) is 14.3 Å². The molecule has 0 amide bonds. The highest BCUT2D eigenvalue weighted by Gasteiger charge is 2.06. The van der Waals surface area contributed by atoms with Crippen LogP contribution >= 0.6 is 0 Å². The van der Waals surface area contributed by atoms with Gasteiger partial charge >= 0.3 is 5.97 Å². The molecule has 1 N–H and O–H groups in total. The zero-order valence-electron chi connectivity index (χ0n) is 11.9. The number of rotatable bonds is 9. The summed E-state index contributed by atoms with van der Waals surface area (Å²) in [6.45, 7) is 2.09. The van der Waals surface area contributed by atoms with Gasteiger partial charge < -0.3 is 14.3 Å². The van der Waals surface area contributed by atoms with Crippen molar-refractivity contribution in [3.63, 3.8) is 0 Å². The Hall–Kier alpha value is -1.78. The quantitative estimate of drug-likeness (QED) is 0.556. The zero-order chi connectivity index (χ0) is 14.8. The SMILES string of the molecule is CCCCCCCCC(=O)OCc1cc(=O)c(O)co1. The van der Waals surface area contributed by atoms with Crippen molar-refractivity contribution in [2.75, 3.05) is 0 Å². The second kappa shape index (κ2) is 9.18. The summed E-state index contributed by atoms with van der Waals surface area (Å²) < 4.78 is 9.93. The molecule has 1 aromatic heterocycles. The Labute approximate surface area is 118 Å². The molecule has 112 valence electrons. The van der Waals surface area contributed by atoms with Crippen molar-refractivity contribution in [3.05, 3.63) is 28.3 Å². The van der Waals surface area contributed by atoms with Gasteiger partial charge in [0.05, 0.1) is 0 Å². The number of unbranched alkanes of at least 4 members (excludes halogenated alkanes) is 5. The third-order valence-corrected chi connectivity index (χ3v) is 2.98. The Morgan fingerprint density at radius 2 is 1.95 bits per heavy atom. The van der Waals surface area contributed by atoms with E-state index in [-0.39, 0.29) is 18.3 Å². The number of hydrogen-bond donors (Lipinski definition) is 1. The first-order valence-electron chi connectivity index (χ1n) is 7.09. The molecule has 0 saturated carbocycles. The van der Waals surface area contributed by atoms with Crippen LogP contribution in [0.3, 0.4) is 0 Å². The Morgan fingerprint density at radius 1 is 1.25 bits per heavy atom. The van der Waals surface area contributed by atoms with E-state index in [9.17, 15) is 9.59 Å². The second-order valence-electron chi connectivity index (χ2n) is 4.77. The number of ether oxygens (including phenoxy) is 1. The van der Waals surface area contributed by atoms with Crippen molar-refractivity contribution >= 4 is 5.97 Å². The lowest BCUT2D eigenvalue weighted by molar-refractivity contribution is -0.145. The number of carbonyl (C=O) groups excluding carboxylic acids is 1. The Kier molecular flexibility index (Phi) is 7.47. The van der Waals surface area contributed by atoms with Crippen LogP contribution in [0.4, 0.5) is 0 Å². The molecule has 0 spiro atoms. The molecule has 5 heteroatoms. The van der Waals surface area contributed by atoms with Gasteiger partial charge in [0.15, 0.2) is 5.75 Å². The Balaban J connectivity index is 2.16. The number of aromatic hydroxyl groups is 1. The van der Waals surface area contributed by atoms with Crippen LogP contribution in [0, 0.1) is 0 Å². The lowest BCUT2D eigenvalue weighted by atomic mass is 10.1. The molecule has 5 nitrogen and oxygen atoms in total. The van der Waals surface area contributed by atoms with Crippen molar-refractivity contribution in [2.45, 2.75) is 58.5 Å². The number of esters is 1. The molecule has 0 fully saturated rings. The molecule has 0 radical (unpaired) electrons. The fraction of sp³-hybridized carbons (Fsp3) is 0.600. The predicted molar refractivity (Wildman–Crippen MR) is 74.4 cm³/mol. The van der Waals surface area contributed by atoms with Crippen LogP contribution in [0.5, 0.6) is 5.75 Å². The molecule has 0 aromatic carbocycles. The highest BCUT2D eigenvalue weighted by Crippen LogP contribution is 2.09. The summed E-state index contributed by atoms with van der Waals surface area (Å²) >= 11 is 0. The number of hydrogen-bond acceptors (Lipinski definition) is 5. The summed E-state index contributed by atoms with van der Waals surface area (Å²) in [7, 11) is 0. The summed E-state index contributed by atoms with van der Waals surface area (Å²) in [5, 5.41) is 9.01. The monoisotopic (exact) mass is 282 g/mol. The van der Waals surface area contributed by atoms with Crippen LogP contribution in [0.2, 0.25) is 0 Å². The molecular formula is C15H22O5. The Morgan fingerprint density at radius 3 is 2.65 bits per heavy atom. The summed E-state index contributed by atoms with van der Waals surface area (Å²) in [5.74, 6) is -0.521. The first-order valence-corrected chi connectivity index (χ1v) is 7.09. The third kappa shape index (κ3) is 6.41. The van der Waals surface area contributed by atoms with Gasteiger partial charge in [0, 0.05) is 12.5 Å². The van der Waals surface area contributed by atoms with Crippen LogP contribution in [0.15, 0.2) is 21.5 Å². The van der Waals surface area contributed by atoms with Crippen LogP contribution in [0.1, 0.15) is 57.6 Å². The highest BCUT2D eigenvalue weighted by molar-refractivity contribution is 5.69. The predicted octanol–water partition coefficient (Wildman–Crippen LogP) is 3.14. The molecule has 1 rings (SSSR count). The molecule has 0 unspecified atom stereocenters. The van der Waals surface area contributed by atoms with Gasteiger partial charge in [-0.3, -0.25) is 9.59 Å². The molecule has 0 aliphatic carbocycles. The van der Waals surface area contributed by atoms with Gasteiger partial charge in [-0.05, 0) is 6.42 Å². The number of carbonyl (C=O) groups is 1. The van der Waals surface area contributed by atoms with Crippen LogP contribution in [-0.2, 0) is 16.1 Å². The normalized spacial score (nSPS) is 10.4. The maximum atomic E-state index is 11.5. The summed E-state index contributed by atoms with van der Waals surface area (Å²) in [6, 6.07) is 1.12. The fourth-order valence-electron chi connectivity index (χ4n) is 1.79. The molecule has 1 aromatic rings. The van der Waals surface area contributed by atoms with E-state index >= 15 is 0 Å². The van der Waals surface area contributed by atoms with Crippen molar-refractivity contribution in [1.82, 2.24) is 0 Å².